The summed E-state index contributed by atoms with van der Waals surface area (Å²) in [6, 6.07) is 9.98. The molecule has 0 atom stereocenters. The minimum absolute atomic E-state index is 0.204. The van der Waals surface area contributed by atoms with E-state index in [-0.39, 0.29) is 5.91 Å². The number of hydrogen-bond acceptors (Lipinski definition) is 5. The Kier molecular flexibility index (Phi) is 4.79. The maximum Gasteiger partial charge on any atom is 0.236 e. The van der Waals surface area contributed by atoms with Crippen molar-refractivity contribution in [2.75, 3.05) is 0 Å². The fourth-order valence-electron chi connectivity index (χ4n) is 3.40. The summed E-state index contributed by atoms with van der Waals surface area (Å²) in [5.41, 5.74) is 5.09. The van der Waals surface area contributed by atoms with Crippen molar-refractivity contribution in [3.63, 3.8) is 0 Å². The van der Waals surface area contributed by atoms with Crippen LogP contribution in [-0.4, -0.2) is 26.7 Å². The molecule has 1 N–H and O–H groups in total. The fraction of sp³-hybridized carbons (Fsp3) is 0.368. The van der Waals surface area contributed by atoms with E-state index in [1.807, 2.05) is 34.8 Å². The number of fused-ring (bicyclic) bond motifs is 1. The first-order valence-corrected chi connectivity index (χ1v) is 9.78. The molecule has 3 aromatic rings. The van der Waals surface area contributed by atoms with Gasteiger partial charge in [-0.25, -0.2) is 14.9 Å². The Hall–Kier alpha value is -2.54. The number of nitrogens with zero attached hydrogens (tertiary/aromatic N) is 4. The Labute approximate surface area is 156 Å². The van der Waals surface area contributed by atoms with Crippen LogP contribution in [0.2, 0.25) is 0 Å². The zero-order valence-corrected chi connectivity index (χ0v) is 15.5. The minimum Gasteiger partial charge on any atom is -0.274 e. The molecule has 2 heterocycles. The van der Waals surface area contributed by atoms with Gasteiger partial charge in [0.05, 0.1) is 6.21 Å². The molecule has 4 rings (SSSR count). The number of amides is 1. The number of carbonyl (C=O) groups excluding carboxylic acids is 1. The van der Waals surface area contributed by atoms with Crippen LogP contribution >= 0.6 is 11.3 Å². The van der Waals surface area contributed by atoms with E-state index in [2.05, 4.69) is 10.5 Å². The number of hydrazone groups is 1. The van der Waals surface area contributed by atoms with Crippen LogP contribution in [0.1, 0.15) is 55.6 Å². The molecule has 0 saturated heterocycles. The largest absolute Gasteiger partial charge is 0.274 e. The summed E-state index contributed by atoms with van der Waals surface area (Å²) in [4.78, 5) is 16.8. The Morgan fingerprint density at radius 1 is 1.27 bits per heavy atom. The van der Waals surface area contributed by atoms with E-state index in [9.17, 15) is 4.79 Å². The van der Waals surface area contributed by atoms with Gasteiger partial charge in [-0.15, -0.1) is 0 Å². The number of benzene rings is 1. The van der Waals surface area contributed by atoms with Crippen LogP contribution < -0.4 is 5.43 Å². The maximum absolute atomic E-state index is 11.1. The number of rotatable bonds is 4. The van der Waals surface area contributed by atoms with E-state index >= 15 is 0 Å². The maximum atomic E-state index is 11.1. The van der Waals surface area contributed by atoms with Crippen molar-refractivity contribution in [2.24, 2.45) is 5.10 Å². The van der Waals surface area contributed by atoms with Gasteiger partial charge >= 0.3 is 0 Å². The average molecular weight is 367 g/mol. The number of carbonyl (C=O) groups is 1. The highest BCUT2D eigenvalue weighted by Gasteiger charge is 2.22. The highest BCUT2D eigenvalue weighted by atomic mass is 32.1. The zero-order chi connectivity index (χ0) is 17.9. The standard InChI is InChI=1S/C19H21N5OS/c1-13(25)22-20-12-16-17(14-8-4-2-5-9-14)21-19-24(16)23-18(26-19)15-10-6-3-7-11-15/h2,4-5,8-9,12,15H,3,6-7,10-11H2,1H3,(H,22,25)/b20-12+. The predicted octanol–water partition coefficient (Wildman–Crippen LogP) is 3.98. The molecular weight excluding hydrogens is 346 g/mol. The first kappa shape index (κ1) is 16.9. The molecule has 6 nitrogen and oxygen atoms in total. The molecule has 0 radical (unpaired) electrons. The van der Waals surface area contributed by atoms with Crippen LogP contribution in [0, 0.1) is 0 Å². The van der Waals surface area contributed by atoms with Crippen molar-refractivity contribution >= 4 is 28.4 Å². The number of hydrogen-bond donors (Lipinski definition) is 1. The summed E-state index contributed by atoms with van der Waals surface area (Å²) in [5, 5.41) is 10.1. The Morgan fingerprint density at radius 3 is 2.77 bits per heavy atom. The third-order valence-corrected chi connectivity index (χ3v) is 5.74. The van der Waals surface area contributed by atoms with Crippen LogP contribution in [-0.2, 0) is 4.79 Å². The van der Waals surface area contributed by atoms with Crippen molar-refractivity contribution in [3.8, 4) is 11.3 Å². The van der Waals surface area contributed by atoms with Gasteiger partial charge in [0, 0.05) is 18.4 Å². The smallest absolute Gasteiger partial charge is 0.236 e. The molecule has 2 aromatic heterocycles. The van der Waals surface area contributed by atoms with E-state index < -0.39 is 0 Å². The molecule has 0 spiro atoms. The topological polar surface area (TPSA) is 71.7 Å². The summed E-state index contributed by atoms with van der Waals surface area (Å²) in [6.07, 6.45) is 7.92. The predicted molar refractivity (Wildman–Crippen MR) is 104 cm³/mol. The fourth-order valence-corrected chi connectivity index (χ4v) is 4.48. The Morgan fingerprint density at radius 2 is 2.04 bits per heavy atom. The second-order valence-corrected chi connectivity index (χ2v) is 7.60. The van der Waals surface area contributed by atoms with Gasteiger partial charge in [-0.3, -0.25) is 4.79 Å². The number of aromatic nitrogens is 3. The molecule has 134 valence electrons. The Balaban J connectivity index is 1.76. The second kappa shape index (κ2) is 7.37. The molecule has 1 aliphatic rings. The lowest BCUT2D eigenvalue weighted by Crippen LogP contribution is -2.13. The van der Waals surface area contributed by atoms with Crippen molar-refractivity contribution in [1.82, 2.24) is 20.0 Å². The van der Waals surface area contributed by atoms with Crippen LogP contribution in [0.5, 0.6) is 0 Å². The molecule has 26 heavy (non-hydrogen) atoms. The monoisotopic (exact) mass is 367 g/mol. The van der Waals surface area contributed by atoms with Gasteiger partial charge in [-0.2, -0.15) is 10.2 Å². The molecule has 1 fully saturated rings. The van der Waals surface area contributed by atoms with E-state index in [1.165, 1.54) is 39.0 Å². The molecule has 0 unspecified atom stereocenters. The van der Waals surface area contributed by atoms with Gasteiger partial charge in [0.15, 0.2) is 0 Å². The molecule has 1 amide bonds. The lowest BCUT2D eigenvalue weighted by molar-refractivity contribution is -0.118. The van der Waals surface area contributed by atoms with E-state index in [4.69, 9.17) is 10.1 Å². The van der Waals surface area contributed by atoms with E-state index in [0.29, 0.717) is 5.92 Å². The molecule has 7 heteroatoms. The lowest BCUT2D eigenvalue weighted by atomic mass is 9.90. The molecule has 0 aliphatic heterocycles. The molecule has 1 saturated carbocycles. The quantitative estimate of drug-likeness (QED) is 0.560. The number of imidazole rings is 1. The van der Waals surface area contributed by atoms with Crippen LogP contribution in [0.25, 0.3) is 16.2 Å². The molecule has 1 aliphatic carbocycles. The Bertz CT molecular complexity index is 938. The average Bonchev–Trinajstić information content (AvgIpc) is 3.22. The minimum atomic E-state index is -0.204. The second-order valence-electron chi connectivity index (χ2n) is 6.61. The first-order chi connectivity index (χ1) is 12.7. The number of nitrogens with one attached hydrogen (secondary N) is 1. The van der Waals surface area contributed by atoms with Gasteiger partial charge in [0.1, 0.15) is 16.4 Å². The zero-order valence-electron chi connectivity index (χ0n) is 14.7. The molecule has 1 aromatic carbocycles. The van der Waals surface area contributed by atoms with Gasteiger partial charge in [0.25, 0.3) is 0 Å². The van der Waals surface area contributed by atoms with Crippen LogP contribution in [0.3, 0.4) is 0 Å². The first-order valence-electron chi connectivity index (χ1n) is 8.97. The van der Waals surface area contributed by atoms with E-state index in [1.54, 1.807) is 17.6 Å². The highest BCUT2D eigenvalue weighted by Crippen LogP contribution is 2.36. The molecule has 0 bridgehead atoms. The summed E-state index contributed by atoms with van der Waals surface area (Å²) in [7, 11) is 0. The summed E-state index contributed by atoms with van der Waals surface area (Å²) >= 11 is 1.66. The normalized spacial score (nSPS) is 15.7. The van der Waals surface area contributed by atoms with Crippen molar-refractivity contribution in [1.29, 1.82) is 0 Å². The van der Waals surface area contributed by atoms with Crippen LogP contribution in [0.15, 0.2) is 35.4 Å². The molecular formula is C19H21N5OS. The third-order valence-electron chi connectivity index (χ3n) is 4.66. The lowest BCUT2D eigenvalue weighted by Gasteiger charge is -2.18. The van der Waals surface area contributed by atoms with Gasteiger partial charge in [-0.1, -0.05) is 60.9 Å². The summed E-state index contributed by atoms with van der Waals surface area (Å²) < 4.78 is 1.86. The van der Waals surface area contributed by atoms with Crippen LogP contribution in [0.4, 0.5) is 0 Å². The van der Waals surface area contributed by atoms with Gasteiger partial charge < -0.3 is 0 Å². The highest BCUT2D eigenvalue weighted by molar-refractivity contribution is 7.16. The SMILES string of the molecule is CC(=O)N/N=C/c1c(-c2ccccc2)nc2sc(C3CCCCC3)nn12. The summed E-state index contributed by atoms with van der Waals surface area (Å²) in [6.45, 7) is 1.44. The third kappa shape index (κ3) is 3.39. The van der Waals surface area contributed by atoms with Crippen molar-refractivity contribution < 1.29 is 4.79 Å². The van der Waals surface area contributed by atoms with Gasteiger partial charge in [0.2, 0.25) is 10.9 Å². The van der Waals surface area contributed by atoms with Crippen molar-refractivity contribution in [3.05, 3.63) is 41.0 Å². The summed E-state index contributed by atoms with van der Waals surface area (Å²) in [5.74, 6) is 0.334. The van der Waals surface area contributed by atoms with E-state index in [0.717, 1.165) is 26.9 Å². The van der Waals surface area contributed by atoms with Crippen molar-refractivity contribution in [2.45, 2.75) is 44.9 Å². The van der Waals surface area contributed by atoms with Gasteiger partial charge in [-0.05, 0) is 12.8 Å².